The Bertz CT molecular complexity index is 931. The van der Waals surface area contributed by atoms with Gasteiger partial charge < -0.3 is 14.0 Å². The van der Waals surface area contributed by atoms with Crippen LogP contribution in [0.4, 0.5) is 0 Å². The van der Waals surface area contributed by atoms with Crippen molar-refractivity contribution in [3.05, 3.63) is 59.7 Å². The van der Waals surface area contributed by atoms with Crippen molar-refractivity contribution in [3.8, 4) is 11.1 Å². The molecule has 0 spiro atoms. The zero-order chi connectivity index (χ0) is 19.3. The van der Waals surface area contributed by atoms with Crippen LogP contribution in [-0.4, -0.2) is 54.9 Å². The second kappa shape index (κ2) is 5.25. The molecule has 3 saturated heterocycles. The van der Waals surface area contributed by atoms with Crippen LogP contribution < -0.4 is 0 Å². The van der Waals surface area contributed by atoms with E-state index in [1.165, 1.54) is 0 Å². The lowest BCUT2D eigenvalue weighted by Gasteiger charge is -2.45. The first kappa shape index (κ1) is 16.8. The molecule has 4 heteroatoms. The van der Waals surface area contributed by atoms with Crippen LogP contribution in [0.5, 0.6) is 0 Å². The predicted octanol–water partition coefficient (Wildman–Crippen LogP) is 3.27. The van der Waals surface area contributed by atoms with Gasteiger partial charge in [0.05, 0.1) is 14.1 Å². The van der Waals surface area contributed by atoms with E-state index in [1.807, 2.05) is 31.2 Å². The number of epoxide rings is 1. The zero-order valence-corrected chi connectivity index (χ0v) is 16.6. The fourth-order valence-corrected chi connectivity index (χ4v) is 6.24. The number of nitrogens with zero attached hydrogens (tertiary/aromatic N) is 1. The molecule has 0 amide bonds. The van der Waals surface area contributed by atoms with Crippen molar-refractivity contribution < 1.29 is 18.8 Å². The van der Waals surface area contributed by atoms with Gasteiger partial charge in [0.15, 0.2) is 0 Å². The molecule has 3 fully saturated rings. The molecule has 6 rings (SSSR count). The first-order valence-electron chi connectivity index (χ1n) is 10.3. The molecule has 4 aliphatic rings. The summed E-state index contributed by atoms with van der Waals surface area (Å²) in [5.41, 5.74) is 3.67. The van der Waals surface area contributed by atoms with Gasteiger partial charge in [-0.05, 0) is 29.2 Å². The topological polar surface area (TPSA) is 38.8 Å². The molecule has 0 radical (unpaired) electrons. The van der Waals surface area contributed by atoms with E-state index in [1.54, 1.807) is 0 Å². The fraction of sp³-hybridized carbons (Fsp3) is 0.458. The average molecular weight is 376 g/mol. The van der Waals surface area contributed by atoms with Crippen LogP contribution in [-0.2, 0) is 19.7 Å². The van der Waals surface area contributed by atoms with Crippen LogP contribution in [0.15, 0.2) is 48.5 Å². The van der Waals surface area contributed by atoms with Gasteiger partial charge in [0.1, 0.15) is 35.8 Å². The maximum absolute atomic E-state index is 13.6. The normalized spacial score (nSPS) is 34.9. The summed E-state index contributed by atoms with van der Waals surface area (Å²) in [6.07, 6.45) is 2.52. The minimum atomic E-state index is -0.743. The summed E-state index contributed by atoms with van der Waals surface area (Å²) in [5.74, 6) is -0.115. The van der Waals surface area contributed by atoms with Gasteiger partial charge in [-0.25, -0.2) is 0 Å². The number of hydrogen-bond donors (Lipinski definition) is 0. The summed E-state index contributed by atoms with van der Waals surface area (Å²) < 4.78 is 13.1. The van der Waals surface area contributed by atoms with Gasteiger partial charge in [0.2, 0.25) is 0 Å². The Kier molecular flexibility index (Phi) is 3.14. The molecule has 0 aromatic heterocycles. The number of morpholine rings is 1. The van der Waals surface area contributed by atoms with Crippen molar-refractivity contribution in [2.45, 2.75) is 55.6 Å². The highest BCUT2D eigenvalue weighted by Crippen LogP contribution is 2.53. The summed E-state index contributed by atoms with van der Waals surface area (Å²) in [6.45, 7) is 2.03. The fourth-order valence-electron chi connectivity index (χ4n) is 6.24. The third-order valence-corrected chi connectivity index (χ3v) is 7.94. The number of carbonyl (C=O) groups is 1. The molecule has 2 aromatic rings. The van der Waals surface area contributed by atoms with Crippen molar-refractivity contribution in [1.29, 1.82) is 0 Å². The smallest absolute Gasteiger partial charge is 0.321 e. The number of ether oxygens (including phenoxy) is 2. The SMILES string of the molecule is CC1(C(=O)O[C@H]2CC3C4O[C@@H]4C(C2)[N+]3(C)C)c2ccccc2-c2ccccc21. The summed E-state index contributed by atoms with van der Waals surface area (Å²) in [5, 5.41) is 0. The number of rotatable bonds is 2. The van der Waals surface area contributed by atoms with E-state index >= 15 is 0 Å². The minimum Gasteiger partial charge on any atom is -0.461 e. The van der Waals surface area contributed by atoms with Gasteiger partial charge in [0.25, 0.3) is 0 Å². The van der Waals surface area contributed by atoms with Crippen LogP contribution in [0, 0.1) is 0 Å². The predicted molar refractivity (Wildman–Crippen MR) is 106 cm³/mol. The molecule has 5 atom stereocenters. The summed E-state index contributed by atoms with van der Waals surface area (Å²) in [4.78, 5) is 13.6. The summed E-state index contributed by atoms with van der Waals surface area (Å²) in [6, 6.07) is 17.4. The van der Waals surface area contributed by atoms with E-state index in [0.29, 0.717) is 24.3 Å². The molecule has 1 aliphatic carbocycles. The van der Waals surface area contributed by atoms with E-state index in [2.05, 4.69) is 38.4 Å². The van der Waals surface area contributed by atoms with Gasteiger partial charge in [-0.2, -0.15) is 0 Å². The zero-order valence-electron chi connectivity index (χ0n) is 16.6. The lowest BCUT2D eigenvalue weighted by molar-refractivity contribution is -0.938. The number of benzene rings is 2. The third kappa shape index (κ3) is 1.95. The van der Waals surface area contributed by atoms with E-state index in [0.717, 1.165) is 39.6 Å². The Morgan fingerprint density at radius 3 is 2.00 bits per heavy atom. The molecule has 3 aliphatic heterocycles. The number of likely N-dealkylation sites (N-methyl/N-ethyl adjacent to an activating group) is 1. The molecule has 3 unspecified atom stereocenters. The molecule has 4 nitrogen and oxygen atoms in total. The Balaban J connectivity index is 1.33. The average Bonchev–Trinajstić information content (AvgIpc) is 3.40. The Morgan fingerprint density at radius 2 is 1.46 bits per heavy atom. The van der Waals surface area contributed by atoms with E-state index < -0.39 is 5.41 Å². The quantitative estimate of drug-likeness (QED) is 0.459. The molecule has 144 valence electrons. The first-order valence-corrected chi connectivity index (χ1v) is 10.3. The Labute approximate surface area is 165 Å². The van der Waals surface area contributed by atoms with Gasteiger partial charge in [-0.15, -0.1) is 0 Å². The van der Waals surface area contributed by atoms with E-state index in [-0.39, 0.29) is 12.1 Å². The van der Waals surface area contributed by atoms with E-state index in [9.17, 15) is 4.79 Å². The molecule has 28 heavy (non-hydrogen) atoms. The third-order valence-electron chi connectivity index (χ3n) is 7.94. The van der Waals surface area contributed by atoms with Crippen molar-refractivity contribution in [2.75, 3.05) is 14.1 Å². The van der Waals surface area contributed by atoms with Gasteiger partial charge in [-0.1, -0.05) is 48.5 Å². The highest BCUT2D eigenvalue weighted by molar-refractivity contribution is 5.97. The molecular formula is C24H26NO3+. The number of carbonyl (C=O) groups excluding carboxylic acids is 1. The highest BCUT2D eigenvalue weighted by Gasteiger charge is 2.71. The van der Waals surface area contributed by atoms with Crippen LogP contribution in [0.25, 0.3) is 11.1 Å². The van der Waals surface area contributed by atoms with Crippen molar-refractivity contribution in [2.24, 2.45) is 0 Å². The second-order valence-corrected chi connectivity index (χ2v) is 9.54. The lowest BCUT2D eigenvalue weighted by Crippen LogP contribution is -2.60. The minimum absolute atomic E-state index is 0.0122. The maximum atomic E-state index is 13.6. The second-order valence-electron chi connectivity index (χ2n) is 9.54. The molecule has 2 bridgehead atoms. The van der Waals surface area contributed by atoms with Crippen LogP contribution in [0.3, 0.4) is 0 Å². The largest absolute Gasteiger partial charge is 0.461 e. The van der Waals surface area contributed by atoms with Crippen molar-refractivity contribution in [1.82, 2.24) is 0 Å². The van der Waals surface area contributed by atoms with Crippen molar-refractivity contribution >= 4 is 5.97 Å². The van der Waals surface area contributed by atoms with Gasteiger partial charge >= 0.3 is 5.97 Å². The van der Waals surface area contributed by atoms with Crippen LogP contribution in [0.2, 0.25) is 0 Å². The van der Waals surface area contributed by atoms with Gasteiger partial charge in [0, 0.05) is 12.8 Å². The molecular weight excluding hydrogens is 350 g/mol. The highest BCUT2D eigenvalue weighted by atomic mass is 16.6. The standard InChI is InChI=1S/C24H26NO3/c1-24(17-10-6-4-8-15(17)16-9-5-7-11-18(16)24)23(26)27-14-12-19-21-22(28-21)20(13-14)25(19,2)3/h4-11,14,19-22H,12-13H2,1-3H3/q+1/t14-,19?,20?,21-,22?/m1/s1. The maximum Gasteiger partial charge on any atom is 0.321 e. The number of piperidine rings is 1. The number of hydrogen-bond acceptors (Lipinski definition) is 3. The molecule has 2 aromatic carbocycles. The summed E-state index contributed by atoms with van der Waals surface area (Å²) >= 11 is 0. The lowest BCUT2D eigenvalue weighted by atomic mass is 9.80. The summed E-state index contributed by atoms with van der Waals surface area (Å²) in [7, 11) is 4.60. The number of esters is 1. The van der Waals surface area contributed by atoms with Crippen molar-refractivity contribution in [3.63, 3.8) is 0 Å². The van der Waals surface area contributed by atoms with Crippen LogP contribution in [0.1, 0.15) is 30.9 Å². The monoisotopic (exact) mass is 376 g/mol. The molecule has 0 saturated carbocycles. The number of fused-ring (bicyclic) bond motifs is 8. The van der Waals surface area contributed by atoms with E-state index in [4.69, 9.17) is 9.47 Å². The Morgan fingerprint density at radius 1 is 0.964 bits per heavy atom. The number of quaternary nitrogens is 1. The van der Waals surface area contributed by atoms with Gasteiger partial charge in [-0.3, -0.25) is 4.79 Å². The molecule has 0 N–H and O–H groups in total. The Hall–Kier alpha value is -2.17. The van der Waals surface area contributed by atoms with Crippen LogP contribution >= 0.6 is 0 Å². The molecule has 3 heterocycles. The first-order chi connectivity index (χ1) is 13.4.